The Morgan fingerprint density at radius 3 is 2.82 bits per heavy atom. The molecule has 17 heavy (non-hydrogen) atoms. The zero-order chi connectivity index (χ0) is 12.4. The number of halogens is 1. The van der Waals surface area contributed by atoms with E-state index in [1.807, 2.05) is 0 Å². The number of nitrogens with zero attached hydrogens (tertiary/aromatic N) is 1. The maximum Gasteiger partial charge on any atom is 0.260 e. The predicted molar refractivity (Wildman–Crippen MR) is 62.4 cm³/mol. The highest BCUT2D eigenvalue weighted by Gasteiger charge is 2.15. The Balaban J connectivity index is 2.37. The van der Waals surface area contributed by atoms with Crippen LogP contribution in [0.5, 0.6) is 0 Å². The number of benzene rings is 1. The molecule has 1 N–H and O–H groups in total. The van der Waals surface area contributed by atoms with Crippen LogP contribution in [0.1, 0.15) is 24.3 Å². The first-order valence-corrected chi connectivity index (χ1v) is 5.96. The minimum atomic E-state index is -0.732. The van der Waals surface area contributed by atoms with Crippen molar-refractivity contribution in [3.63, 3.8) is 0 Å². The van der Waals surface area contributed by atoms with Gasteiger partial charge in [-0.25, -0.2) is 9.37 Å². The van der Waals surface area contributed by atoms with E-state index in [2.05, 4.69) is 4.98 Å². The number of rotatable bonds is 3. The summed E-state index contributed by atoms with van der Waals surface area (Å²) < 4.78 is 18.9. The Kier molecular flexibility index (Phi) is 3.49. The van der Waals surface area contributed by atoms with E-state index in [1.165, 1.54) is 12.3 Å². The predicted octanol–water partition coefficient (Wildman–Crippen LogP) is 3.33. The Labute approximate surface area is 103 Å². The van der Waals surface area contributed by atoms with Crippen molar-refractivity contribution in [2.24, 2.45) is 0 Å². The van der Waals surface area contributed by atoms with Crippen molar-refractivity contribution < 1.29 is 13.9 Å². The quantitative estimate of drug-likeness (QED) is 0.911. The summed E-state index contributed by atoms with van der Waals surface area (Å²) in [5, 5.41) is 9.95. The molecule has 1 aromatic carbocycles. The van der Waals surface area contributed by atoms with Crippen molar-refractivity contribution in [2.75, 3.05) is 0 Å². The molecule has 0 spiro atoms. The molecule has 0 saturated heterocycles. The van der Waals surface area contributed by atoms with E-state index in [9.17, 15) is 9.50 Å². The molecule has 0 bridgehead atoms. The van der Waals surface area contributed by atoms with Crippen LogP contribution in [-0.2, 0) is 0 Å². The summed E-state index contributed by atoms with van der Waals surface area (Å²) in [6.07, 6.45) is 0.773. The number of aliphatic hydroxyl groups excluding tert-OH is 1. The number of hydrogen-bond acceptors (Lipinski definition) is 4. The van der Waals surface area contributed by atoms with Gasteiger partial charge in [-0.1, -0.05) is 12.1 Å². The summed E-state index contributed by atoms with van der Waals surface area (Å²) in [5.41, 5.74) is 1.27. The highest BCUT2D eigenvalue weighted by molar-refractivity contribution is 7.99. The van der Waals surface area contributed by atoms with Crippen LogP contribution in [0.15, 0.2) is 39.0 Å². The summed E-state index contributed by atoms with van der Waals surface area (Å²) in [7, 11) is 0. The fraction of sp³-hybridized carbons (Fsp3) is 0.250. The fourth-order valence-electron chi connectivity index (χ4n) is 1.43. The average molecular weight is 253 g/mol. The summed E-state index contributed by atoms with van der Waals surface area (Å²) >= 11 is 1.08. The maximum atomic E-state index is 13.7. The molecule has 1 aromatic heterocycles. The normalized spacial score (nSPS) is 12.7. The highest BCUT2D eigenvalue weighted by Crippen LogP contribution is 2.34. The number of oxazole rings is 1. The van der Waals surface area contributed by atoms with Gasteiger partial charge in [0.25, 0.3) is 5.22 Å². The van der Waals surface area contributed by atoms with E-state index in [4.69, 9.17) is 4.42 Å². The van der Waals surface area contributed by atoms with E-state index >= 15 is 0 Å². The molecule has 1 atom stereocenters. The van der Waals surface area contributed by atoms with Crippen LogP contribution in [0.3, 0.4) is 0 Å². The van der Waals surface area contributed by atoms with Crippen molar-refractivity contribution in [2.45, 2.75) is 30.1 Å². The standard InChI is InChI=1S/C12H12FNO2S/c1-7-6-16-12(14-7)17-11-9(8(2)15)4-3-5-10(11)13/h3-6,8,15H,1-2H3/t8-/m1/s1. The molecule has 0 unspecified atom stereocenters. The molecule has 0 radical (unpaired) electrons. The second kappa shape index (κ2) is 4.89. The number of hydrogen-bond donors (Lipinski definition) is 1. The SMILES string of the molecule is Cc1coc(Sc2c(F)cccc2[C@@H](C)O)n1. The molecule has 0 fully saturated rings. The van der Waals surface area contributed by atoms with E-state index in [0.29, 0.717) is 15.7 Å². The van der Waals surface area contributed by atoms with Gasteiger partial charge in [0.1, 0.15) is 12.1 Å². The van der Waals surface area contributed by atoms with E-state index in [1.54, 1.807) is 26.0 Å². The van der Waals surface area contributed by atoms with Gasteiger partial charge in [0.2, 0.25) is 0 Å². The van der Waals surface area contributed by atoms with Gasteiger partial charge in [-0.3, -0.25) is 0 Å². The molecule has 5 heteroatoms. The monoisotopic (exact) mass is 253 g/mol. The number of aryl methyl sites for hydroxylation is 1. The number of aliphatic hydroxyl groups is 1. The topological polar surface area (TPSA) is 46.3 Å². The lowest BCUT2D eigenvalue weighted by Gasteiger charge is -2.10. The summed E-state index contributed by atoms with van der Waals surface area (Å²) in [5.74, 6) is -0.385. The van der Waals surface area contributed by atoms with Crippen LogP contribution in [0.25, 0.3) is 0 Å². The van der Waals surface area contributed by atoms with Crippen molar-refractivity contribution in [3.8, 4) is 0 Å². The van der Waals surface area contributed by atoms with Crippen LogP contribution < -0.4 is 0 Å². The van der Waals surface area contributed by atoms with Gasteiger partial charge >= 0.3 is 0 Å². The molecule has 0 aliphatic carbocycles. The molecule has 1 heterocycles. The molecular weight excluding hydrogens is 241 g/mol. The Hall–Kier alpha value is -1.33. The summed E-state index contributed by atoms with van der Waals surface area (Å²) in [6, 6.07) is 4.61. The summed E-state index contributed by atoms with van der Waals surface area (Å²) in [6.45, 7) is 3.39. The maximum absolute atomic E-state index is 13.7. The van der Waals surface area contributed by atoms with Crippen molar-refractivity contribution >= 4 is 11.8 Å². The molecule has 3 nitrogen and oxygen atoms in total. The smallest absolute Gasteiger partial charge is 0.260 e. The zero-order valence-electron chi connectivity index (χ0n) is 9.48. The van der Waals surface area contributed by atoms with E-state index in [0.717, 1.165) is 17.5 Å². The fourth-order valence-corrected chi connectivity index (χ4v) is 2.41. The third kappa shape index (κ3) is 2.68. The first-order valence-electron chi connectivity index (χ1n) is 5.14. The van der Waals surface area contributed by atoms with Crippen LogP contribution in [0.4, 0.5) is 4.39 Å². The average Bonchev–Trinajstić information content (AvgIpc) is 2.67. The Morgan fingerprint density at radius 1 is 1.47 bits per heavy atom. The second-order valence-corrected chi connectivity index (χ2v) is 4.65. The molecule has 90 valence electrons. The third-order valence-electron chi connectivity index (χ3n) is 2.23. The lowest BCUT2D eigenvalue weighted by atomic mass is 10.1. The van der Waals surface area contributed by atoms with Crippen LogP contribution in [-0.4, -0.2) is 10.1 Å². The van der Waals surface area contributed by atoms with Crippen molar-refractivity contribution in [3.05, 3.63) is 41.5 Å². The van der Waals surface area contributed by atoms with E-state index < -0.39 is 6.10 Å². The first-order chi connectivity index (χ1) is 8.08. The summed E-state index contributed by atoms with van der Waals surface area (Å²) in [4.78, 5) is 4.45. The molecular formula is C12H12FNO2S. The third-order valence-corrected chi connectivity index (χ3v) is 3.23. The van der Waals surface area contributed by atoms with Crippen molar-refractivity contribution in [1.82, 2.24) is 4.98 Å². The van der Waals surface area contributed by atoms with Gasteiger partial charge in [-0.2, -0.15) is 0 Å². The minimum Gasteiger partial charge on any atom is -0.439 e. The lowest BCUT2D eigenvalue weighted by molar-refractivity contribution is 0.195. The Morgan fingerprint density at radius 2 is 2.24 bits per heavy atom. The van der Waals surface area contributed by atoms with Crippen LogP contribution in [0.2, 0.25) is 0 Å². The lowest BCUT2D eigenvalue weighted by Crippen LogP contribution is -1.96. The van der Waals surface area contributed by atoms with Crippen LogP contribution >= 0.6 is 11.8 Å². The molecule has 0 amide bonds. The molecule has 2 aromatic rings. The molecule has 0 saturated carbocycles. The molecule has 2 rings (SSSR count). The first kappa shape index (κ1) is 12.1. The largest absolute Gasteiger partial charge is 0.439 e. The Bertz CT molecular complexity index is 525. The molecule has 0 aliphatic heterocycles. The van der Waals surface area contributed by atoms with Crippen LogP contribution in [0, 0.1) is 12.7 Å². The van der Waals surface area contributed by atoms with Gasteiger partial charge in [0.15, 0.2) is 0 Å². The van der Waals surface area contributed by atoms with Crippen molar-refractivity contribution in [1.29, 1.82) is 0 Å². The van der Waals surface area contributed by atoms with Gasteiger partial charge < -0.3 is 9.52 Å². The molecule has 0 aliphatic rings. The van der Waals surface area contributed by atoms with Gasteiger partial charge in [0.05, 0.1) is 16.7 Å². The van der Waals surface area contributed by atoms with Gasteiger partial charge in [-0.05, 0) is 37.2 Å². The van der Waals surface area contributed by atoms with Gasteiger partial charge in [0, 0.05) is 0 Å². The van der Waals surface area contributed by atoms with Gasteiger partial charge in [-0.15, -0.1) is 0 Å². The second-order valence-electron chi connectivity index (χ2n) is 3.69. The highest BCUT2D eigenvalue weighted by atomic mass is 32.2. The minimum absolute atomic E-state index is 0.351. The zero-order valence-corrected chi connectivity index (χ0v) is 10.3. The number of aromatic nitrogens is 1. The van der Waals surface area contributed by atoms with E-state index in [-0.39, 0.29) is 5.82 Å².